The Kier molecular flexibility index (Phi) is 3.67. The molecule has 1 heterocycles. The van der Waals surface area contributed by atoms with Crippen molar-refractivity contribution < 1.29 is 9.53 Å². The van der Waals surface area contributed by atoms with E-state index in [1.54, 1.807) is 6.07 Å². The number of anilines is 1. The Morgan fingerprint density at radius 3 is 2.76 bits per heavy atom. The number of para-hydroxylation sites is 1. The molecule has 21 heavy (non-hydrogen) atoms. The second-order valence-electron chi connectivity index (χ2n) is 4.78. The minimum absolute atomic E-state index is 0.456. The molecule has 3 rings (SSSR count). The predicted molar refractivity (Wildman–Crippen MR) is 83.9 cm³/mol. The quantitative estimate of drug-likeness (QED) is 0.646. The monoisotopic (exact) mass is 347 g/mol. The minimum atomic E-state index is -0.486. The van der Waals surface area contributed by atoms with Crippen LogP contribution in [0.25, 0.3) is 0 Å². The zero-order valence-electron chi connectivity index (χ0n) is 11.3. The van der Waals surface area contributed by atoms with Gasteiger partial charge in [-0.1, -0.05) is 34.1 Å². The maximum atomic E-state index is 12.4. The van der Waals surface area contributed by atoms with Crippen molar-refractivity contribution in [3.63, 3.8) is 0 Å². The molecule has 5 nitrogen and oxygen atoms in total. The van der Waals surface area contributed by atoms with E-state index in [4.69, 9.17) is 10.6 Å². The number of amides is 1. The van der Waals surface area contributed by atoms with Gasteiger partial charge in [-0.3, -0.25) is 10.7 Å². The molecule has 2 aromatic rings. The van der Waals surface area contributed by atoms with Crippen LogP contribution in [0.15, 0.2) is 46.9 Å². The normalized spacial score (nSPS) is 17.4. The van der Waals surface area contributed by atoms with Crippen LogP contribution in [-0.4, -0.2) is 6.09 Å². The van der Waals surface area contributed by atoms with Gasteiger partial charge in [0.25, 0.3) is 0 Å². The van der Waals surface area contributed by atoms with Crippen LogP contribution in [0.4, 0.5) is 10.5 Å². The topological polar surface area (TPSA) is 67.6 Å². The first-order chi connectivity index (χ1) is 10.1. The molecule has 0 saturated carbocycles. The number of halogens is 1. The van der Waals surface area contributed by atoms with Gasteiger partial charge in [0.05, 0.1) is 5.69 Å². The first kappa shape index (κ1) is 14.1. The van der Waals surface area contributed by atoms with E-state index in [-0.39, 0.29) is 0 Å². The molecule has 0 spiro atoms. The first-order valence-electron chi connectivity index (χ1n) is 6.44. The summed E-state index contributed by atoms with van der Waals surface area (Å²) in [6, 6.07) is 13.1. The van der Waals surface area contributed by atoms with Crippen LogP contribution < -0.4 is 20.9 Å². The van der Waals surface area contributed by atoms with E-state index in [0.717, 1.165) is 21.3 Å². The van der Waals surface area contributed by atoms with Gasteiger partial charge in [0.2, 0.25) is 0 Å². The van der Waals surface area contributed by atoms with E-state index in [2.05, 4.69) is 21.4 Å². The van der Waals surface area contributed by atoms with Crippen molar-refractivity contribution in [2.45, 2.75) is 13.1 Å². The van der Waals surface area contributed by atoms with Crippen LogP contribution in [0.3, 0.4) is 0 Å². The lowest BCUT2D eigenvalue weighted by Crippen LogP contribution is -2.49. The van der Waals surface area contributed by atoms with Crippen molar-refractivity contribution in [1.29, 1.82) is 0 Å². The number of hydrazine groups is 1. The van der Waals surface area contributed by atoms with E-state index in [1.165, 1.54) is 4.90 Å². The highest BCUT2D eigenvalue weighted by Crippen LogP contribution is 2.38. The van der Waals surface area contributed by atoms with Crippen molar-refractivity contribution in [3.8, 4) is 5.75 Å². The highest BCUT2D eigenvalue weighted by molar-refractivity contribution is 9.10. The Morgan fingerprint density at radius 2 is 2.05 bits per heavy atom. The largest absolute Gasteiger partial charge is 0.421 e. The number of rotatable bonds is 2. The molecular formula is C15H14BrN3O2. The fourth-order valence-electron chi connectivity index (χ4n) is 2.45. The Bertz CT molecular complexity index is 705. The second kappa shape index (κ2) is 5.48. The fourth-order valence-corrected chi connectivity index (χ4v) is 2.83. The van der Waals surface area contributed by atoms with Gasteiger partial charge in [0.1, 0.15) is 11.9 Å². The zero-order valence-corrected chi connectivity index (χ0v) is 12.9. The molecule has 2 aromatic carbocycles. The number of carbonyl (C=O) groups excluding carboxylic acids is 1. The summed E-state index contributed by atoms with van der Waals surface area (Å²) in [5.41, 5.74) is 5.22. The summed E-state index contributed by atoms with van der Waals surface area (Å²) in [5, 5.41) is 0. The van der Waals surface area contributed by atoms with Crippen molar-refractivity contribution in [1.82, 2.24) is 5.43 Å². The summed E-state index contributed by atoms with van der Waals surface area (Å²) in [6.45, 7) is 1.94. The lowest BCUT2D eigenvalue weighted by atomic mass is 10.1. The summed E-state index contributed by atoms with van der Waals surface area (Å²) in [5.74, 6) is 6.20. The lowest BCUT2D eigenvalue weighted by Gasteiger charge is -2.36. The number of benzene rings is 2. The smallest absolute Gasteiger partial charge is 0.409 e. The summed E-state index contributed by atoms with van der Waals surface area (Å²) in [6.07, 6.45) is -0.943. The third kappa shape index (κ3) is 2.42. The number of nitrogens with two attached hydrogens (primary N) is 1. The molecule has 108 valence electrons. The molecule has 1 aliphatic rings. The van der Waals surface area contributed by atoms with Gasteiger partial charge in [0.15, 0.2) is 0 Å². The third-order valence-electron chi connectivity index (χ3n) is 3.45. The van der Waals surface area contributed by atoms with Crippen molar-refractivity contribution in [3.05, 3.63) is 58.1 Å². The van der Waals surface area contributed by atoms with Gasteiger partial charge in [-0.2, -0.15) is 0 Å². The van der Waals surface area contributed by atoms with Crippen LogP contribution in [0.2, 0.25) is 0 Å². The maximum absolute atomic E-state index is 12.4. The fraction of sp³-hybridized carbons (Fsp3) is 0.133. The van der Waals surface area contributed by atoms with Gasteiger partial charge in [-0.05, 0) is 36.8 Å². The summed E-state index contributed by atoms with van der Waals surface area (Å²) >= 11 is 3.43. The molecule has 0 radical (unpaired) electrons. The van der Waals surface area contributed by atoms with Gasteiger partial charge in [-0.25, -0.2) is 10.2 Å². The number of nitrogens with one attached hydrogen (secondary N) is 1. The van der Waals surface area contributed by atoms with E-state index in [9.17, 15) is 4.79 Å². The van der Waals surface area contributed by atoms with Crippen LogP contribution in [0.1, 0.15) is 17.3 Å². The summed E-state index contributed by atoms with van der Waals surface area (Å²) in [4.78, 5) is 13.9. The molecule has 3 N–H and O–H groups in total. The number of hydrogen-bond acceptors (Lipinski definition) is 4. The molecule has 1 atom stereocenters. The number of hydrogen-bond donors (Lipinski definition) is 2. The number of aryl methyl sites for hydroxylation is 1. The number of ether oxygens (including phenoxy) is 1. The number of nitrogens with zero attached hydrogens (tertiary/aromatic N) is 1. The third-order valence-corrected chi connectivity index (χ3v) is 3.94. The Balaban J connectivity index is 2.14. The van der Waals surface area contributed by atoms with Gasteiger partial charge in [-0.15, -0.1) is 0 Å². The Labute approximate surface area is 130 Å². The van der Waals surface area contributed by atoms with Crippen LogP contribution >= 0.6 is 15.9 Å². The van der Waals surface area contributed by atoms with Crippen LogP contribution in [0.5, 0.6) is 5.75 Å². The number of fused-ring (bicyclic) bond motifs is 1. The average molecular weight is 348 g/mol. The molecule has 0 bridgehead atoms. The van der Waals surface area contributed by atoms with Gasteiger partial charge < -0.3 is 4.74 Å². The molecule has 1 aliphatic heterocycles. The Hall–Kier alpha value is -1.89. The SMILES string of the molecule is Cc1ccccc1N1C(=O)Oc2ccc(Br)cc2C1NN. The molecule has 0 aromatic heterocycles. The summed E-state index contributed by atoms with van der Waals surface area (Å²) < 4.78 is 6.30. The first-order valence-corrected chi connectivity index (χ1v) is 7.23. The predicted octanol–water partition coefficient (Wildman–Crippen LogP) is 3.24. The van der Waals surface area contributed by atoms with Crippen molar-refractivity contribution >= 4 is 27.7 Å². The van der Waals surface area contributed by atoms with E-state index >= 15 is 0 Å². The molecule has 0 saturated heterocycles. The highest BCUT2D eigenvalue weighted by atomic mass is 79.9. The minimum Gasteiger partial charge on any atom is -0.409 e. The van der Waals surface area contributed by atoms with E-state index in [0.29, 0.717) is 5.75 Å². The zero-order chi connectivity index (χ0) is 15.0. The molecular weight excluding hydrogens is 334 g/mol. The van der Waals surface area contributed by atoms with Gasteiger partial charge in [0, 0.05) is 10.0 Å². The lowest BCUT2D eigenvalue weighted by molar-refractivity contribution is 0.196. The highest BCUT2D eigenvalue weighted by Gasteiger charge is 2.35. The van der Waals surface area contributed by atoms with E-state index in [1.807, 2.05) is 43.3 Å². The standard InChI is InChI=1S/C15H14BrN3O2/c1-9-4-2-3-5-12(9)19-14(18-17)11-8-10(16)6-7-13(11)21-15(19)20/h2-8,14,18H,17H2,1H3. The van der Waals surface area contributed by atoms with Crippen LogP contribution in [0, 0.1) is 6.92 Å². The van der Waals surface area contributed by atoms with Crippen LogP contribution in [-0.2, 0) is 0 Å². The van der Waals surface area contributed by atoms with E-state index < -0.39 is 12.3 Å². The van der Waals surface area contributed by atoms with Crippen molar-refractivity contribution in [2.75, 3.05) is 4.90 Å². The summed E-state index contributed by atoms with van der Waals surface area (Å²) in [7, 11) is 0. The number of carbonyl (C=O) groups is 1. The molecule has 0 aliphatic carbocycles. The second-order valence-corrected chi connectivity index (χ2v) is 5.69. The average Bonchev–Trinajstić information content (AvgIpc) is 2.47. The molecule has 0 fully saturated rings. The molecule has 1 unspecified atom stereocenters. The molecule has 1 amide bonds. The van der Waals surface area contributed by atoms with Crippen molar-refractivity contribution in [2.24, 2.45) is 5.84 Å². The van der Waals surface area contributed by atoms with Gasteiger partial charge >= 0.3 is 6.09 Å². The Morgan fingerprint density at radius 1 is 1.29 bits per heavy atom. The molecule has 6 heteroatoms. The maximum Gasteiger partial charge on any atom is 0.421 e.